The number of imidazole rings is 1. The molecule has 0 saturated carbocycles. The average Bonchev–Trinajstić information content (AvgIpc) is 3.26. The molecule has 1 amide bonds. The van der Waals surface area contributed by atoms with E-state index >= 15 is 0 Å². The van der Waals surface area contributed by atoms with Crippen LogP contribution in [0.5, 0.6) is 0 Å². The maximum Gasteiger partial charge on any atom is 0.490 e. The fraction of sp³-hybridized carbons (Fsp3) is 0.438. The third-order valence-corrected chi connectivity index (χ3v) is 4.52. The van der Waals surface area contributed by atoms with Crippen LogP contribution in [0, 0.1) is 0 Å². The number of carboxylic acid groups (broad SMARTS) is 1. The van der Waals surface area contributed by atoms with Gasteiger partial charge in [0.1, 0.15) is 5.82 Å². The van der Waals surface area contributed by atoms with E-state index in [1.54, 1.807) is 11.3 Å². The number of carbonyl (C=O) groups excluding carboxylic acids is 1. The third-order valence-electron chi connectivity index (χ3n) is 3.84. The Bertz CT molecular complexity index is 756. The standard InChI is InChI=1S/C14H17N3OS.C2HF3O2/c1-9(2)17-7-11(5-13(17)18)14-15-6-12(16-14)10-3-4-19-8-10;3-2(4,5)1(6)7/h3-4,6,8-9,11H,5,7H2,1-2H3,(H,15,16);(H,6,7). The number of amides is 1. The number of carboxylic acids is 1. The number of nitrogens with zero attached hydrogens (tertiary/aromatic N) is 2. The second-order valence-corrected chi connectivity index (χ2v) is 6.82. The number of thiophene rings is 1. The van der Waals surface area contributed by atoms with Gasteiger partial charge in [-0.05, 0) is 25.3 Å². The van der Waals surface area contributed by atoms with Gasteiger partial charge in [-0.15, -0.1) is 0 Å². The Labute approximate surface area is 151 Å². The highest BCUT2D eigenvalue weighted by Crippen LogP contribution is 2.29. The summed E-state index contributed by atoms with van der Waals surface area (Å²) in [5.41, 5.74) is 2.19. The Balaban J connectivity index is 0.000000298. The molecule has 2 aromatic heterocycles. The lowest BCUT2D eigenvalue weighted by Gasteiger charge is -2.20. The lowest BCUT2D eigenvalue weighted by molar-refractivity contribution is -0.192. The number of carbonyl (C=O) groups is 2. The number of nitrogens with one attached hydrogen (secondary N) is 1. The van der Waals surface area contributed by atoms with Gasteiger partial charge in [-0.1, -0.05) is 0 Å². The normalized spacial score (nSPS) is 17.4. The van der Waals surface area contributed by atoms with E-state index < -0.39 is 12.1 Å². The molecule has 1 aliphatic rings. The minimum atomic E-state index is -5.08. The van der Waals surface area contributed by atoms with Crippen molar-refractivity contribution in [2.45, 2.75) is 38.4 Å². The first-order chi connectivity index (χ1) is 12.1. The fourth-order valence-corrected chi connectivity index (χ4v) is 3.18. The van der Waals surface area contributed by atoms with Gasteiger partial charge >= 0.3 is 12.1 Å². The SMILES string of the molecule is CC(C)N1CC(c2ncc(-c3ccsc3)[nH]2)CC1=O.O=C(O)C(F)(F)F. The van der Waals surface area contributed by atoms with E-state index in [9.17, 15) is 18.0 Å². The number of halogens is 3. The molecule has 26 heavy (non-hydrogen) atoms. The van der Waals surface area contributed by atoms with Crippen molar-refractivity contribution < 1.29 is 27.9 Å². The summed E-state index contributed by atoms with van der Waals surface area (Å²) in [5, 5.41) is 11.3. The van der Waals surface area contributed by atoms with Gasteiger partial charge in [0.15, 0.2) is 0 Å². The minimum Gasteiger partial charge on any atom is -0.475 e. The van der Waals surface area contributed by atoms with Gasteiger partial charge in [-0.3, -0.25) is 4.79 Å². The second-order valence-electron chi connectivity index (χ2n) is 6.04. The molecule has 2 N–H and O–H groups in total. The highest BCUT2D eigenvalue weighted by Gasteiger charge is 2.38. The summed E-state index contributed by atoms with van der Waals surface area (Å²) in [7, 11) is 0. The second kappa shape index (κ2) is 7.90. The summed E-state index contributed by atoms with van der Waals surface area (Å²) in [5.74, 6) is -1.40. The molecule has 0 aliphatic carbocycles. The zero-order valence-corrected chi connectivity index (χ0v) is 14.9. The first-order valence-corrected chi connectivity index (χ1v) is 8.71. The molecule has 1 unspecified atom stereocenters. The Morgan fingerprint density at radius 1 is 1.46 bits per heavy atom. The van der Waals surface area contributed by atoms with Crippen LogP contribution in [0.15, 0.2) is 23.0 Å². The topological polar surface area (TPSA) is 86.3 Å². The van der Waals surface area contributed by atoms with Gasteiger partial charge in [-0.25, -0.2) is 9.78 Å². The van der Waals surface area contributed by atoms with Crippen molar-refractivity contribution in [1.29, 1.82) is 0 Å². The molecular formula is C16H18F3N3O3S. The van der Waals surface area contributed by atoms with Crippen molar-refractivity contribution in [3.63, 3.8) is 0 Å². The predicted octanol–water partition coefficient (Wildman–Crippen LogP) is 3.50. The van der Waals surface area contributed by atoms with E-state index in [0.29, 0.717) is 6.42 Å². The zero-order valence-electron chi connectivity index (χ0n) is 14.1. The molecule has 3 heterocycles. The molecule has 142 valence electrons. The number of alkyl halides is 3. The summed E-state index contributed by atoms with van der Waals surface area (Å²) in [6.45, 7) is 4.88. The number of rotatable bonds is 3. The first kappa shape index (κ1) is 20.0. The molecule has 0 aromatic carbocycles. The van der Waals surface area contributed by atoms with Crippen molar-refractivity contribution in [1.82, 2.24) is 14.9 Å². The summed E-state index contributed by atoms with van der Waals surface area (Å²) in [6, 6.07) is 2.34. The number of hydrogen-bond acceptors (Lipinski definition) is 4. The van der Waals surface area contributed by atoms with E-state index in [1.807, 2.05) is 11.1 Å². The van der Waals surface area contributed by atoms with Crippen LogP contribution >= 0.6 is 11.3 Å². The largest absolute Gasteiger partial charge is 0.490 e. The Morgan fingerprint density at radius 3 is 2.58 bits per heavy atom. The van der Waals surface area contributed by atoms with Crippen LogP contribution in [0.1, 0.15) is 32.0 Å². The van der Waals surface area contributed by atoms with Crippen molar-refractivity contribution in [3.8, 4) is 11.3 Å². The van der Waals surface area contributed by atoms with E-state index in [2.05, 4.69) is 40.6 Å². The summed E-state index contributed by atoms with van der Waals surface area (Å²) in [4.78, 5) is 30.6. The minimum absolute atomic E-state index is 0.197. The van der Waals surface area contributed by atoms with Crippen molar-refractivity contribution in [2.75, 3.05) is 6.54 Å². The van der Waals surface area contributed by atoms with Gasteiger partial charge in [0, 0.05) is 35.9 Å². The van der Waals surface area contributed by atoms with Gasteiger partial charge in [0.2, 0.25) is 5.91 Å². The molecule has 1 atom stereocenters. The zero-order chi connectivity index (χ0) is 19.5. The molecule has 0 bridgehead atoms. The maximum atomic E-state index is 11.9. The van der Waals surface area contributed by atoms with Gasteiger partial charge < -0.3 is 15.0 Å². The molecule has 1 fully saturated rings. The molecule has 2 aromatic rings. The smallest absolute Gasteiger partial charge is 0.475 e. The maximum absolute atomic E-state index is 11.9. The number of H-pyrrole nitrogens is 1. The molecule has 0 spiro atoms. The van der Waals surface area contributed by atoms with Gasteiger partial charge in [0.05, 0.1) is 11.9 Å². The Morgan fingerprint density at radius 2 is 2.12 bits per heavy atom. The number of aliphatic carboxylic acids is 1. The van der Waals surface area contributed by atoms with Crippen LogP contribution in [0.3, 0.4) is 0 Å². The quantitative estimate of drug-likeness (QED) is 0.841. The number of likely N-dealkylation sites (tertiary alicyclic amines) is 1. The first-order valence-electron chi connectivity index (χ1n) is 7.76. The highest BCUT2D eigenvalue weighted by molar-refractivity contribution is 7.08. The van der Waals surface area contributed by atoms with Gasteiger partial charge in [-0.2, -0.15) is 24.5 Å². The number of aromatic nitrogens is 2. The summed E-state index contributed by atoms with van der Waals surface area (Å²) < 4.78 is 31.7. The summed E-state index contributed by atoms with van der Waals surface area (Å²) in [6.07, 6.45) is -2.66. The number of aromatic amines is 1. The van der Waals surface area contributed by atoms with Crippen LogP contribution in [0.4, 0.5) is 13.2 Å². The highest BCUT2D eigenvalue weighted by atomic mass is 32.1. The van der Waals surface area contributed by atoms with Crippen molar-refractivity contribution >= 4 is 23.2 Å². The monoisotopic (exact) mass is 389 g/mol. The molecule has 6 nitrogen and oxygen atoms in total. The van der Waals surface area contributed by atoms with Crippen molar-refractivity contribution in [2.24, 2.45) is 0 Å². The third kappa shape index (κ3) is 4.84. The van der Waals surface area contributed by atoms with Crippen molar-refractivity contribution in [3.05, 3.63) is 28.8 Å². The van der Waals surface area contributed by atoms with Crippen LogP contribution in [0.25, 0.3) is 11.3 Å². The van der Waals surface area contributed by atoms with E-state index in [1.165, 1.54) is 0 Å². The Hall–Kier alpha value is -2.36. The van der Waals surface area contributed by atoms with Gasteiger partial charge in [0.25, 0.3) is 0 Å². The molecule has 1 aliphatic heterocycles. The molecule has 3 rings (SSSR count). The van der Waals surface area contributed by atoms with Crippen LogP contribution in [-0.2, 0) is 9.59 Å². The predicted molar refractivity (Wildman–Crippen MR) is 89.8 cm³/mol. The van der Waals surface area contributed by atoms with E-state index in [-0.39, 0.29) is 17.9 Å². The van der Waals surface area contributed by atoms with Crippen LogP contribution < -0.4 is 0 Å². The molecular weight excluding hydrogens is 371 g/mol. The number of hydrogen-bond donors (Lipinski definition) is 2. The lowest BCUT2D eigenvalue weighted by Crippen LogP contribution is -2.31. The molecule has 0 radical (unpaired) electrons. The lowest BCUT2D eigenvalue weighted by atomic mass is 10.1. The summed E-state index contributed by atoms with van der Waals surface area (Å²) >= 11 is 1.67. The fourth-order valence-electron chi connectivity index (χ4n) is 2.52. The Kier molecular flexibility index (Phi) is 6.06. The molecule has 10 heteroatoms. The molecule has 1 saturated heterocycles. The van der Waals surface area contributed by atoms with Crippen LogP contribution in [-0.4, -0.2) is 50.6 Å². The van der Waals surface area contributed by atoms with E-state index in [4.69, 9.17) is 9.90 Å². The van der Waals surface area contributed by atoms with Crippen LogP contribution in [0.2, 0.25) is 0 Å². The van der Waals surface area contributed by atoms with E-state index in [0.717, 1.165) is 23.6 Å². The average molecular weight is 389 g/mol.